The molecule has 2 aromatic carbocycles. The van der Waals surface area contributed by atoms with Gasteiger partial charge < -0.3 is 15.4 Å². The number of para-hydroxylation sites is 2. The smallest absolute Gasteiger partial charge is 0.142 e. The second-order valence-electron chi connectivity index (χ2n) is 5.38. The van der Waals surface area contributed by atoms with Crippen molar-refractivity contribution in [1.29, 1.82) is 0 Å². The van der Waals surface area contributed by atoms with Crippen LogP contribution >= 0.6 is 0 Å². The molecule has 25 heavy (non-hydrogen) atoms. The van der Waals surface area contributed by atoms with Gasteiger partial charge in [0.25, 0.3) is 0 Å². The molecule has 0 amide bonds. The van der Waals surface area contributed by atoms with Gasteiger partial charge in [-0.2, -0.15) is 0 Å². The van der Waals surface area contributed by atoms with Gasteiger partial charge in [-0.1, -0.05) is 30.3 Å². The predicted octanol–water partition coefficient (Wildman–Crippen LogP) is 4.02. The summed E-state index contributed by atoms with van der Waals surface area (Å²) in [6.45, 7) is 0.575. The minimum Gasteiger partial charge on any atom is -0.495 e. The van der Waals surface area contributed by atoms with Gasteiger partial charge in [0.1, 0.15) is 29.5 Å². The quantitative estimate of drug-likeness (QED) is 0.681. The molecule has 0 radical (unpaired) electrons. The van der Waals surface area contributed by atoms with Crippen molar-refractivity contribution in [2.75, 3.05) is 24.3 Å². The molecule has 128 valence electrons. The molecule has 1 aromatic heterocycles. The first-order chi connectivity index (χ1) is 12.3. The maximum atomic E-state index is 13.6. The highest BCUT2D eigenvalue weighted by molar-refractivity contribution is 5.65. The Morgan fingerprint density at radius 3 is 2.60 bits per heavy atom. The summed E-state index contributed by atoms with van der Waals surface area (Å²) in [4.78, 5) is 8.40. The fourth-order valence-corrected chi connectivity index (χ4v) is 2.43. The highest BCUT2D eigenvalue weighted by Gasteiger charge is 2.05. The standard InChI is InChI=1S/C19H19FN4O/c1-25-17-9-5-4-8-16(17)24-19-12-18(22-13-23-19)21-11-10-14-6-2-3-7-15(14)20/h2-9,12-13H,10-11H2,1H3,(H2,21,22,23,24). The molecule has 0 aliphatic heterocycles. The third-order valence-corrected chi connectivity index (χ3v) is 3.70. The first-order valence-corrected chi connectivity index (χ1v) is 7.95. The van der Waals surface area contributed by atoms with E-state index in [-0.39, 0.29) is 5.82 Å². The number of benzene rings is 2. The van der Waals surface area contributed by atoms with Crippen molar-refractivity contribution >= 4 is 17.3 Å². The SMILES string of the molecule is COc1ccccc1Nc1cc(NCCc2ccccc2F)ncn1. The zero-order valence-corrected chi connectivity index (χ0v) is 13.9. The number of aromatic nitrogens is 2. The minimum absolute atomic E-state index is 0.189. The number of halogens is 1. The number of hydrogen-bond acceptors (Lipinski definition) is 5. The van der Waals surface area contributed by atoms with Crippen molar-refractivity contribution in [3.8, 4) is 5.75 Å². The molecule has 5 nitrogen and oxygen atoms in total. The molecule has 3 aromatic rings. The molecule has 0 saturated carbocycles. The summed E-state index contributed by atoms with van der Waals surface area (Å²) in [5.74, 6) is 1.86. The van der Waals surface area contributed by atoms with Crippen molar-refractivity contribution in [2.24, 2.45) is 0 Å². The molecule has 3 rings (SSSR count). The van der Waals surface area contributed by atoms with Crippen molar-refractivity contribution in [1.82, 2.24) is 9.97 Å². The first-order valence-electron chi connectivity index (χ1n) is 7.95. The zero-order valence-electron chi connectivity index (χ0n) is 13.9. The van der Waals surface area contributed by atoms with E-state index in [2.05, 4.69) is 20.6 Å². The summed E-state index contributed by atoms with van der Waals surface area (Å²) < 4.78 is 18.9. The Morgan fingerprint density at radius 1 is 1.00 bits per heavy atom. The van der Waals surface area contributed by atoms with Gasteiger partial charge in [-0.3, -0.25) is 0 Å². The molecule has 1 heterocycles. The van der Waals surface area contributed by atoms with Gasteiger partial charge >= 0.3 is 0 Å². The lowest BCUT2D eigenvalue weighted by molar-refractivity contribution is 0.417. The van der Waals surface area contributed by atoms with Crippen LogP contribution in [0.15, 0.2) is 60.9 Å². The fourth-order valence-electron chi connectivity index (χ4n) is 2.43. The Hall–Kier alpha value is -3.15. The van der Waals surface area contributed by atoms with Crippen LogP contribution in [0.3, 0.4) is 0 Å². The van der Waals surface area contributed by atoms with Gasteiger partial charge in [-0.05, 0) is 30.2 Å². The van der Waals surface area contributed by atoms with E-state index in [0.29, 0.717) is 30.2 Å². The lowest BCUT2D eigenvalue weighted by Crippen LogP contribution is -2.08. The molecule has 6 heteroatoms. The summed E-state index contributed by atoms with van der Waals surface area (Å²) in [7, 11) is 1.62. The monoisotopic (exact) mass is 338 g/mol. The van der Waals surface area contributed by atoms with Crippen LogP contribution in [-0.4, -0.2) is 23.6 Å². The molecule has 0 unspecified atom stereocenters. The van der Waals surface area contributed by atoms with E-state index in [1.165, 1.54) is 12.4 Å². The number of ether oxygens (including phenoxy) is 1. The largest absolute Gasteiger partial charge is 0.495 e. The third-order valence-electron chi connectivity index (χ3n) is 3.70. The Morgan fingerprint density at radius 2 is 1.76 bits per heavy atom. The summed E-state index contributed by atoms with van der Waals surface area (Å²) in [5.41, 5.74) is 1.50. The van der Waals surface area contributed by atoms with E-state index in [0.717, 1.165) is 11.4 Å². The van der Waals surface area contributed by atoms with Crippen molar-refractivity contribution in [3.05, 3.63) is 72.3 Å². The van der Waals surface area contributed by atoms with Gasteiger partial charge in [0.15, 0.2) is 0 Å². The summed E-state index contributed by atoms with van der Waals surface area (Å²) in [5, 5.41) is 6.39. The lowest BCUT2D eigenvalue weighted by Gasteiger charge is -2.11. The number of rotatable bonds is 7. The number of hydrogen-bond donors (Lipinski definition) is 2. The Balaban J connectivity index is 1.62. The molecule has 0 bridgehead atoms. The van der Waals surface area contributed by atoms with Gasteiger partial charge in [0, 0.05) is 12.6 Å². The van der Waals surface area contributed by atoms with E-state index in [1.54, 1.807) is 25.3 Å². The fraction of sp³-hybridized carbons (Fsp3) is 0.158. The third kappa shape index (κ3) is 4.44. The van der Waals surface area contributed by atoms with Crippen LogP contribution in [0.2, 0.25) is 0 Å². The van der Waals surface area contributed by atoms with E-state index in [9.17, 15) is 4.39 Å². The van der Waals surface area contributed by atoms with Crippen LogP contribution in [0.1, 0.15) is 5.56 Å². The van der Waals surface area contributed by atoms with Crippen molar-refractivity contribution < 1.29 is 9.13 Å². The Labute approximate surface area is 145 Å². The van der Waals surface area contributed by atoms with Crippen LogP contribution < -0.4 is 15.4 Å². The van der Waals surface area contributed by atoms with Crippen LogP contribution in [0.5, 0.6) is 5.75 Å². The second-order valence-corrected chi connectivity index (χ2v) is 5.38. The molecule has 0 aliphatic rings. The lowest BCUT2D eigenvalue weighted by atomic mass is 10.1. The van der Waals surface area contributed by atoms with Gasteiger partial charge in [0.2, 0.25) is 0 Å². The number of methoxy groups -OCH3 is 1. The first kappa shape index (κ1) is 16.7. The number of nitrogens with zero attached hydrogens (tertiary/aromatic N) is 2. The van der Waals surface area contributed by atoms with Crippen LogP contribution in [-0.2, 0) is 6.42 Å². The van der Waals surface area contributed by atoms with E-state index < -0.39 is 0 Å². The molecule has 2 N–H and O–H groups in total. The highest BCUT2D eigenvalue weighted by Crippen LogP contribution is 2.26. The van der Waals surface area contributed by atoms with Crippen LogP contribution in [0.4, 0.5) is 21.7 Å². The average Bonchev–Trinajstić information content (AvgIpc) is 2.64. The number of anilines is 3. The normalized spacial score (nSPS) is 10.3. The Bertz CT molecular complexity index is 841. The minimum atomic E-state index is -0.189. The molecule has 0 fully saturated rings. The van der Waals surface area contributed by atoms with Crippen LogP contribution in [0.25, 0.3) is 0 Å². The van der Waals surface area contributed by atoms with Crippen LogP contribution in [0, 0.1) is 5.82 Å². The molecule has 0 aliphatic carbocycles. The predicted molar refractivity (Wildman–Crippen MR) is 96.9 cm³/mol. The summed E-state index contributed by atoms with van der Waals surface area (Å²) in [6.07, 6.45) is 2.05. The van der Waals surface area contributed by atoms with E-state index in [4.69, 9.17) is 4.74 Å². The Kier molecular flexibility index (Phi) is 5.41. The highest BCUT2D eigenvalue weighted by atomic mass is 19.1. The maximum Gasteiger partial charge on any atom is 0.142 e. The summed E-state index contributed by atoms with van der Waals surface area (Å²) >= 11 is 0. The second kappa shape index (κ2) is 8.10. The topological polar surface area (TPSA) is 59.1 Å². The zero-order chi connectivity index (χ0) is 17.5. The van der Waals surface area contributed by atoms with Gasteiger partial charge in [-0.15, -0.1) is 0 Å². The van der Waals surface area contributed by atoms with E-state index >= 15 is 0 Å². The molecule has 0 saturated heterocycles. The molecule has 0 spiro atoms. The van der Waals surface area contributed by atoms with Crippen molar-refractivity contribution in [2.45, 2.75) is 6.42 Å². The molecular weight excluding hydrogens is 319 g/mol. The molecule has 0 atom stereocenters. The average molecular weight is 338 g/mol. The number of nitrogens with one attached hydrogen (secondary N) is 2. The maximum absolute atomic E-state index is 13.6. The van der Waals surface area contributed by atoms with Crippen molar-refractivity contribution in [3.63, 3.8) is 0 Å². The van der Waals surface area contributed by atoms with Gasteiger partial charge in [-0.25, -0.2) is 14.4 Å². The van der Waals surface area contributed by atoms with E-state index in [1.807, 2.05) is 30.3 Å². The summed E-state index contributed by atoms with van der Waals surface area (Å²) in [6, 6.07) is 16.2. The van der Waals surface area contributed by atoms with Gasteiger partial charge in [0.05, 0.1) is 12.8 Å². The molecular formula is C19H19FN4O.